The lowest BCUT2D eigenvalue weighted by Crippen LogP contribution is -2.49. The summed E-state index contributed by atoms with van der Waals surface area (Å²) < 4.78 is 8.36. The average Bonchev–Trinajstić information content (AvgIpc) is 3.54. The quantitative estimate of drug-likeness (QED) is 0.171. The fraction of sp³-hybridized carbons (Fsp3) is 0.447. The second-order valence-electron chi connectivity index (χ2n) is 15.5. The second-order valence-corrected chi connectivity index (χ2v) is 15.5. The Morgan fingerprint density at radius 1 is 0.981 bits per heavy atom. The number of nitrogens with zero attached hydrogens (tertiary/aromatic N) is 7. The standard InChI is InChI=1S/C38H48N10O4/c1-36(2,3)29-22-30(41-32(40-29)33(50)39-16-17-47-20-18-46(7)19-21-47)42-35(51)43-38(24-49)15-14-28(26-10-8-9-11-27(26)38)52-25-12-13-31-44-45-34(37(4,5)6)48(31)23-25/h8-15,22-24,28H,16-21H2,1-7H3,(H,39,50)(H2,40,41,42,43,51)/t28-,38-/m1/s1. The van der Waals surface area contributed by atoms with Crippen molar-refractivity contribution in [2.75, 3.05) is 51.6 Å². The summed E-state index contributed by atoms with van der Waals surface area (Å²) in [4.78, 5) is 53.2. The maximum atomic E-state index is 13.6. The number of hydrogen-bond donors (Lipinski definition) is 3. The molecule has 274 valence electrons. The highest BCUT2D eigenvalue weighted by Gasteiger charge is 2.38. The van der Waals surface area contributed by atoms with Crippen molar-refractivity contribution in [3.8, 4) is 5.75 Å². The number of likely N-dealkylation sites (N-methyl/N-ethyl adjacent to an activating group) is 1. The minimum absolute atomic E-state index is 0.0478. The largest absolute Gasteiger partial charge is 0.480 e. The third-order valence-corrected chi connectivity index (χ3v) is 9.31. The van der Waals surface area contributed by atoms with Crippen LogP contribution in [0, 0.1) is 0 Å². The topological polar surface area (TPSA) is 159 Å². The van der Waals surface area contributed by atoms with E-state index in [4.69, 9.17) is 4.74 Å². The molecule has 1 aliphatic carbocycles. The van der Waals surface area contributed by atoms with E-state index in [0.29, 0.717) is 41.0 Å². The molecule has 3 aromatic heterocycles. The van der Waals surface area contributed by atoms with Crippen LogP contribution in [0.5, 0.6) is 5.75 Å². The first-order valence-corrected chi connectivity index (χ1v) is 17.6. The lowest BCUT2D eigenvalue weighted by atomic mass is 9.81. The maximum Gasteiger partial charge on any atom is 0.321 e. The number of pyridine rings is 1. The number of urea groups is 1. The van der Waals surface area contributed by atoms with Crippen molar-refractivity contribution in [2.24, 2.45) is 0 Å². The van der Waals surface area contributed by atoms with E-state index in [2.05, 4.69) is 73.7 Å². The van der Waals surface area contributed by atoms with E-state index in [-0.39, 0.29) is 17.1 Å². The van der Waals surface area contributed by atoms with Gasteiger partial charge in [-0.15, -0.1) is 10.2 Å². The number of carbonyl (C=O) groups excluding carboxylic acids is 3. The van der Waals surface area contributed by atoms with Gasteiger partial charge in [-0.2, -0.15) is 0 Å². The summed E-state index contributed by atoms with van der Waals surface area (Å²) >= 11 is 0. The van der Waals surface area contributed by atoms with E-state index in [0.717, 1.165) is 38.5 Å². The summed E-state index contributed by atoms with van der Waals surface area (Å²) in [6.07, 6.45) is 5.39. The van der Waals surface area contributed by atoms with Crippen molar-refractivity contribution in [1.82, 2.24) is 45.0 Å². The van der Waals surface area contributed by atoms with E-state index in [9.17, 15) is 14.4 Å². The van der Waals surface area contributed by atoms with Gasteiger partial charge in [0, 0.05) is 61.7 Å². The van der Waals surface area contributed by atoms with Crippen LogP contribution in [-0.4, -0.2) is 98.9 Å². The number of benzene rings is 1. The molecule has 0 radical (unpaired) electrons. The molecule has 3 N–H and O–H groups in total. The minimum Gasteiger partial charge on any atom is -0.480 e. The van der Waals surface area contributed by atoms with E-state index in [1.807, 2.05) is 55.6 Å². The number of piperazine rings is 1. The fourth-order valence-electron chi connectivity index (χ4n) is 6.31. The van der Waals surface area contributed by atoms with Crippen LogP contribution in [-0.2, 0) is 21.2 Å². The molecule has 4 aromatic rings. The highest BCUT2D eigenvalue weighted by molar-refractivity contribution is 5.94. The van der Waals surface area contributed by atoms with E-state index < -0.39 is 29.0 Å². The number of aromatic nitrogens is 5. The fourth-order valence-corrected chi connectivity index (χ4v) is 6.31. The minimum atomic E-state index is -1.50. The van der Waals surface area contributed by atoms with E-state index in [1.165, 1.54) is 0 Å². The van der Waals surface area contributed by atoms with Crippen molar-refractivity contribution in [1.29, 1.82) is 0 Å². The van der Waals surface area contributed by atoms with Gasteiger partial charge in [0.15, 0.2) is 11.9 Å². The molecular formula is C38H48N10O4. The summed E-state index contributed by atoms with van der Waals surface area (Å²) in [5.74, 6) is 1.05. The Labute approximate surface area is 304 Å². The van der Waals surface area contributed by atoms with Gasteiger partial charge in [-0.1, -0.05) is 65.8 Å². The smallest absolute Gasteiger partial charge is 0.321 e. The Hall–Kier alpha value is -5.21. The van der Waals surface area contributed by atoms with Crippen LogP contribution in [0.3, 0.4) is 0 Å². The molecular weight excluding hydrogens is 660 g/mol. The number of rotatable bonds is 9. The zero-order valence-corrected chi connectivity index (χ0v) is 30.9. The number of amides is 3. The van der Waals surface area contributed by atoms with Crippen LogP contribution in [0.4, 0.5) is 10.6 Å². The summed E-state index contributed by atoms with van der Waals surface area (Å²) in [7, 11) is 2.10. The summed E-state index contributed by atoms with van der Waals surface area (Å²) in [6, 6.07) is 12.0. The third-order valence-electron chi connectivity index (χ3n) is 9.31. The summed E-state index contributed by atoms with van der Waals surface area (Å²) in [6.45, 7) is 17.1. The normalized spacial score (nSPS) is 19.6. The van der Waals surface area contributed by atoms with Crippen LogP contribution in [0.15, 0.2) is 60.8 Å². The molecule has 0 unspecified atom stereocenters. The zero-order valence-electron chi connectivity index (χ0n) is 30.9. The van der Waals surface area contributed by atoms with Crippen LogP contribution in [0.1, 0.15) is 80.9 Å². The van der Waals surface area contributed by atoms with Crippen LogP contribution in [0.2, 0.25) is 0 Å². The van der Waals surface area contributed by atoms with Gasteiger partial charge >= 0.3 is 6.03 Å². The molecule has 0 spiro atoms. The lowest BCUT2D eigenvalue weighted by Gasteiger charge is -2.34. The molecule has 0 saturated carbocycles. The molecule has 6 rings (SSSR count). The van der Waals surface area contributed by atoms with Gasteiger partial charge in [0.05, 0.1) is 11.9 Å². The monoisotopic (exact) mass is 708 g/mol. The van der Waals surface area contributed by atoms with Gasteiger partial charge in [-0.3, -0.25) is 24.2 Å². The average molecular weight is 709 g/mol. The lowest BCUT2D eigenvalue weighted by molar-refractivity contribution is -0.111. The van der Waals surface area contributed by atoms with E-state index in [1.54, 1.807) is 30.4 Å². The number of hydrogen-bond acceptors (Lipinski definition) is 10. The third kappa shape index (κ3) is 7.97. The zero-order chi connectivity index (χ0) is 37.3. The summed E-state index contributed by atoms with van der Waals surface area (Å²) in [5, 5.41) is 17.2. The molecule has 3 amide bonds. The highest BCUT2D eigenvalue weighted by Crippen LogP contribution is 2.37. The van der Waals surface area contributed by atoms with Crippen LogP contribution in [0.25, 0.3) is 5.65 Å². The molecule has 1 aliphatic heterocycles. The highest BCUT2D eigenvalue weighted by atomic mass is 16.5. The first-order chi connectivity index (χ1) is 24.6. The van der Waals surface area contributed by atoms with Crippen molar-refractivity contribution in [3.63, 3.8) is 0 Å². The molecule has 0 bridgehead atoms. The Kier molecular flexibility index (Phi) is 10.1. The Morgan fingerprint density at radius 2 is 1.73 bits per heavy atom. The van der Waals surface area contributed by atoms with Gasteiger partial charge in [0.1, 0.15) is 29.0 Å². The van der Waals surface area contributed by atoms with Crippen molar-refractivity contribution >= 4 is 29.7 Å². The Bertz CT molecular complexity index is 1990. The number of fused-ring (bicyclic) bond motifs is 2. The Morgan fingerprint density at radius 3 is 2.44 bits per heavy atom. The number of ether oxygens (including phenoxy) is 1. The van der Waals surface area contributed by atoms with E-state index >= 15 is 0 Å². The van der Waals surface area contributed by atoms with Gasteiger partial charge in [-0.05, 0) is 36.9 Å². The van der Waals surface area contributed by atoms with Crippen molar-refractivity contribution in [2.45, 2.75) is 64.0 Å². The molecule has 2 aliphatic rings. The van der Waals surface area contributed by atoms with Gasteiger partial charge in [0.2, 0.25) is 5.82 Å². The number of nitrogens with one attached hydrogen (secondary N) is 3. The molecule has 14 nitrogen and oxygen atoms in total. The molecule has 1 aromatic carbocycles. The predicted molar refractivity (Wildman–Crippen MR) is 198 cm³/mol. The molecule has 4 heterocycles. The van der Waals surface area contributed by atoms with Gasteiger partial charge in [-0.25, -0.2) is 14.8 Å². The van der Waals surface area contributed by atoms with Crippen molar-refractivity contribution < 1.29 is 19.1 Å². The number of carbonyl (C=O) groups is 3. The molecule has 2 atom stereocenters. The molecule has 1 saturated heterocycles. The molecule has 14 heteroatoms. The first kappa shape index (κ1) is 36.6. The van der Waals surface area contributed by atoms with Crippen LogP contribution < -0.4 is 20.7 Å². The number of aldehydes is 1. The summed E-state index contributed by atoms with van der Waals surface area (Å²) in [5.41, 5.74) is 0.387. The molecule has 52 heavy (non-hydrogen) atoms. The second kappa shape index (κ2) is 14.4. The first-order valence-electron chi connectivity index (χ1n) is 17.6. The number of anilines is 1. The SMILES string of the molecule is CN1CCN(CCNC(=O)c2nc(NC(=O)N[C@@]3(C=O)C=C[C@@H](Oc4ccc5nnc(C(C)(C)C)n5c4)c4ccccc43)cc(C(C)(C)C)n2)CC1. The molecule has 1 fully saturated rings. The van der Waals surface area contributed by atoms with Gasteiger partial charge in [0.25, 0.3) is 5.91 Å². The predicted octanol–water partition coefficient (Wildman–Crippen LogP) is 4.00. The Balaban J connectivity index is 1.19. The van der Waals surface area contributed by atoms with Crippen LogP contribution >= 0.6 is 0 Å². The van der Waals surface area contributed by atoms with Gasteiger partial charge < -0.3 is 20.3 Å². The van der Waals surface area contributed by atoms with Crippen molar-refractivity contribution in [3.05, 3.63) is 89.3 Å². The maximum absolute atomic E-state index is 13.6.